The van der Waals surface area contributed by atoms with Crippen LogP contribution in [0.1, 0.15) is 13.8 Å². The highest BCUT2D eigenvalue weighted by Crippen LogP contribution is 2.24. The van der Waals surface area contributed by atoms with Crippen LogP contribution in [0.5, 0.6) is 0 Å². The molecule has 0 radical (unpaired) electrons. The molecule has 1 aromatic rings. The fraction of sp³-hybridized carbons (Fsp3) is 0.700. The number of nitrogens with two attached hydrogens (primary N) is 1. The number of carbonyl (C=O) groups is 1. The maximum absolute atomic E-state index is 12.0. The Morgan fingerprint density at radius 2 is 2.17 bits per heavy atom. The summed E-state index contributed by atoms with van der Waals surface area (Å²) in [7, 11) is 0. The SMILES string of the molecule is C[C@@H]1CN(C(=O)CSc2nnc(N)s2)C[C@H](C)O1. The van der Waals surface area contributed by atoms with Gasteiger partial charge in [0.15, 0.2) is 4.34 Å². The third-order valence-corrected chi connectivity index (χ3v) is 4.38. The molecule has 0 unspecified atom stereocenters. The Labute approximate surface area is 114 Å². The van der Waals surface area contributed by atoms with E-state index in [9.17, 15) is 4.79 Å². The van der Waals surface area contributed by atoms with Gasteiger partial charge in [-0.25, -0.2) is 0 Å². The Balaban J connectivity index is 1.84. The Morgan fingerprint density at radius 1 is 1.50 bits per heavy atom. The molecule has 1 aliphatic rings. The topological polar surface area (TPSA) is 81.3 Å². The van der Waals surface area contributed by atoms with Gasteiger partial charge in [0.1, 0.15) is 0 Å². The number of aromatic nitrogens is 2. The van der Waals surface area contributed by atoms with Crippen LogP contribution in [0.15, 0.2) is 4.34 Å². The predicted octanol–water partition coefficient (Wildman–Crippen LogP) is 0.848. The summed E-state index contributed by atoms with van der Waals surface area (Å²) in [6.45, 7) is 5.27. The maximum Gasteiger partial charge on any atom is 0.233 e. The summed E-state index contributed by atoms with van der Waals surface area (Å²) in [6.07, 6.45) is 0.194. The highest BCUT2D eigenvalue weighted by atomic mass is 32.2. The van der Waals surface area contributed by atoms with E-state index in [0.29, 0.717) is 24.0 Å². The lowest BCUT2D eigenvalue weighted by Crippen LogP contribution is -2.48. The maximum atomic E-state index is 12.0. The molecule has 0 aromatic carbocycles. The second-order valence-corrected chi connectivity index (χ2v) is 6.48. The van der Waals surface area contributed by atoms with Crippen molar-refractivity contribution in [3.05, 3.63) is 0 Å². The van der Waals surface area contributed by atoms with Crippen LogP contribution in [0.3, 0.4) is 0 Å². The minimum absolute atomic E-state index is 0.0971. The molecule has 2 N–H and O–H groups in total. The number of nitrogen functional groups attached to an aromatic ring is 1. The summed E-state index contributed by atoms with van der Waals surface area (Å²) >= 11 is 2.68. The van der Waals surface area contributed by atoms with Crippen molar-refractivity contribution in [2.45, 2.75) is 30.4 Å². The smallest absolute Gasteiger partial charge is 0.233 e. The standard InChI is InChI=1S/C10H16N4O2S2/c1-6-3-14(4-7(2)16-6)8(15)5-17-10-13-12-9(11)18-10/h6-7H,3-5H2,1-2H3,(H2,11,12)/t6-,7+. The number of ether oxygens (including phenoxy) is 1. The summed E-state index contributed by atoms with van der Waals surface area (Å²) in [4.78, 5) is 13.9. The molecular formula is C10H16N4O2S2. The second-order valence-electron chi connectivity index (χ2n) is 4.25. The Bertz CT molecular complexity index is 416. The van der Waals surface area contributed by atoms with E-state index >= 15 is 0 Å². The van der Waals surface area contributed by atoms with Gasteiger partial charge in [0.25, 0.3) is 0 Å². The van der Waals surface area contributed by atoms with Crippen molar-refractivity contribution >= 4 is 34.1 Å². The van der Waals surface area contributed by atoms with Crippen LogP contribution in [-0.2, 0) is 9.53 Å². The Hall–Kier alpha value is -0.860. The van der Waals surface area contributed by atoms with Gasteiger partial charge < -0.3 is 15.4 Å². The molecule has 1 aromatic heterocycles. The van der Waals surface area contributed by atoms with Crippen LogP contribution >= 0.6 is 23.1 Å². The zero-order valence-electron chi connectivity index (χ0n) is 10.3. The molecular weight excluding hydrogens is 272 g/mol. The number of rotatable bonds is 3. The summed E-state index contributed by atoms with van der Waals surface area (Å²) in [6, 6.07) is 0. The molecule has 0 spiro atoms. The summed E-state index contributed by atoms with van der Waals surface area (Å²) in [5.41, 5.74) is 5.48. The van der Waals surface area contributed by atoms with Gasteiger partial charge in [0.2, 0.25) is 11.0 Å². The van der Waals surface area contributed by atoms with E-state index in [-0.39, 0.29) is 18.1 Å². The Kier molecular flexibility index (Phi) is 4.41. The molecule has 8 heteroatoms. The van der Waals surface area contributed by atoms with E-state index in [1.54, 1.807) is 0 Å². The molecule has 1 fully saturated rings. The van der Waals surface area contributed by atoms with Gasteiger partial charge in [0, 0.05) is 13.1 Å². The summed E-state index contributed by atoms with van der Waals surface area (Å²) < 4.78 is 6.33. The van der Waals surface area contributed by atoms with E-state index in [4.69, 9.17) is 10.5 Å². The van der Waals surface area contributed by atoms with Gasteiger partial charge in [-0.2, -0.15) is 0 Å². The first-order chi connectivity index (χ1) is 8.54. The Morgan fingerprint density at radius 3 is 2.72 bits per heavy atom. The van der Waals surface area contributed by atoms with E-state index in [0.717, 1.165) is 4.34 Å². The van der Waals surface area contributed by atoms with E-state index in [1.165, 1.54) is 23.1 Å². The van der Waals surface area contributed by atoms with E-state index in [2.05, 4.69) is 10.2 Å². The highest BCUT2D eigenvalue weighted by molar-refractivity contribution is 8.01. The van der Waals surface area contributed by atoms with Crippen molar-refractivity contribution in [2.75, 3.05) is 24.6 Å². The quantitative estimate of drug-likeness (QED) is 0.830. The number of nitrogens with zero attached hydrogens (tertiary/aromatic N) is 3. The van der Waals surface area contributed by atoms with Gasteiger partial charge in [0.05, 0.1) is 18.0 Å². The molecule has 0 saturated carbocycles. The fourth-order valence-electron chi connectivity index (χ4n) is 1.88. The zero-order valence-corrected chi connectivity index (χ0v) is 12.0. The lowest BCUT2D eigenvalue weighted by molar-refractivity contribution is -0.140. The molecule has 0 bridgehead atoms. The van der Waals surface area contributed by atoms with Crippen molar-refractivity contribution in [1.82, 2.24) is 15.1 Å². The third-order valence-electron chi connectivity index (χ3n) is 2.51. The largest absolute Gasteiger partial charge is 0.374 e. The predicted molar refractivity (Wildman–Crippen MR) is 71.6 cm³/mol. The summed E-state index contributed by atoms with van der Waals surface area (Å²) in [5, 5.41) is 8.01. The van der Waals surface area contributed by atoms with Gasteiger partial charge in [-0.05, 0) is 13.8 Å². The molecule has 100 valence electrons. The molecule has 6 nitrogen and oxygen atoms in total. The van der Waals surface area contributed by atoms with Gasteiger partial charge >= 0.3 is 0 Å². The first-order valence-corrected chi connectivity index (χ1v) is 7.50. The molecule has 2 heterocycles. The highest BCUT2D eigenvalue weighted by Gasteiger charge is 2.25. The zero-order chi connectivity index (χ0) is 13.1. The number of thioether (sulfide) groups is 1. The third kappa shape index (κ3) is 3.56. The molecule has 1 aliphatic heterocycles. The van der Waals surface area contributed by atoms with E-state index in [1.807, 2.05) is 18.7 Å². The molecule has 1 saturated heterocycles. The van der Waals surface area contributed by atoms with Crippen LogP contribution in [0.2, 0.25) is 0 Å². The van der Waals surface area contributed by atoms with Crippen LogP contribution in [-0.4, -0.2) is 52.1 Å². The minimum Gasteiger partial charge on any atom is -0.374 e. The fourth-order valence-corrected chi connectivity index (χ4v) is 3.41. The normalized spacial score (nSPS) is 24.2. The van der Waals surface area contributed by atoms with Crippen molar-refractivity contribution in [3.8, 4) is 0 Å². The molecule has 0 aliphatic carbocycles. The van der Waals surface area contributed by atoms with E-state index < -0.39 is 0 Å². The minimum atomic E-state index is 0.0971. The number of morpholine rings is 1. The molecule has 18 heavy (non-hydrogen) atoms. The monoisotopic (exact) mass is 288 g/mol. The van der Waals surface area contributed by atoms with Crippen LogP contribution in [0.4, 0.5) is 5.13 Å². The van der Waals surface area contributed by atoms with Crippen molar-refractivity contribution in [2.24, 2.45) is 0 Å². The van der Waals surface area contributed by atoms with Gasteiger partial charge in [-0.1, -0.05) is 23.1 Å². The number of anilines is 1. The number of amides is 1. The molecule has 1 amide bonds. The second kappa shape index (κ2) is 5.85. The first kappa shape index (κ1) is 13.6. The van der Waals surface area contributed by atoms with Crippen molar-refractivity contribution in [3.63, 3.8) is 0 Å². The number of hydrogen-bond donors (Lipinski definition) is 1. The number of carbonyl (C=O) groups excluding carboxylic acids is 1. The average molecular weight is 288 g/mol. The average Bonchev–Trinajstić information content (AvgIpc) is 2.70. The molecule has 2 rings (SSSR count). The summed E-state index contributed by atoms with van der Waals surface area (Å²) in [5.74, 6) is 0.476. The van der Waals surface area contributed by atoms with Gasteiger partial charge in [-0.15, -0.1) is 10.2 Å². The first-order valence-electron chi connectivity index (χ1n) is 5.69. The van der Waals surface area contributed by atoms with Crippen LogP contribution in [0, 0.1) is 0 Å². The lowest BCUT2D eigenvalue weighted by Gasteiger charge is -2.35. The molecule has 2 atom stereocenters. The number of hydrogen-bond acceptors (Lipinski definition) is 7. The van der Waals surface area contributed by atoms with Crippen molar-refractivity contribution in [1.29, 1.82) is 0 Å². The lowest BCUT2D eigenvalue weighted by atomic mass is 10.2. The van der Waals surface area contributed by atoms with Gasteiger partial charge in [-0.3, -0.25) is 4.79 Å². The van der Waals surface area contributed by atoms with Crippen LogP contribution < -0.4 is 5.73 Å². The van der Waals surface area contributed by atoms with Crippen molar-refractivity contribution < 1.29 is 9.53 Å². The van der Waals surface area contributed by atoms with Crippen LogP contribution in [0.25, 0.3) is 0 Å².